The molecule has 3 nitrogen and oxygen atoms in total. The number of rotatable bonds is 6. The Bertz CT molecular complexity index is 567. The number of fused-ring (bicyclic) bond motifs is 1. The third-order valence-corrected chi connectivity index (χ3v) is 7.12. The molecule has 2 aliphatic carbocycles. The SMILES string of the molecule is CCCCS(=O)c1c(NC(=O)C2CC2)sc2c1CCCC2.[HH]. The smallest absolute Gasteiger partial charge is 0.228 e. The minimum Gasteiger partial charge on any atom is -0.316 e. The lowest BCUT2D eigenvalue weighted by Crippen LogP contribution is -2.14. The number of unbranched alkanes of at least 4 members (excludes halogenated alkanes) is 1. The topological polar surface area (TPSA) is 46.2 Å². The molecule has 2 aliphatic rings. The molecule has 1 aromatic rings. The number of hydrogen-bond donors (Lipinski definition) is 1. The summed E-state index contributed by atoms with van der Waals surface area (Å²) in [5, 5.41) is 3.96. The van der Waals surface area contributed by atoms with Crippen molar-refractivity contribution in [3.8, 4) is 0 Å². The summed E-state index contributed by atoms with van der Waals surface area (Å²) < 4.78 is 12.7. The molecule has 0 saturated heterocycles. The minimum atomic E-state index is -0.967. The molecule has 1 atom stereocenters. The molecule has 1 aromatic heterocycles. The van der Waals surface area contributed by atoms with Crippen LogP contribution in [0, 0.1) is 5.92 Å². The zero-order valence-electron chi connectivity index (χ0n) is 12.6. The maximum absolute atomic E-state index is 12.7. The number of amides is 1. The fourth-order valence-corrected chi connectivity index (χ4v) is 5.97. The quantitative estimate of drug-likeness (QED) is 0.854. The lowest BCUT2D eigenvalue weighted by Gasteiger charge is -2.12. The van der Waals surface area contributed by atoms with Crippen LogP contribution in [-0.2, 0) is 28.4 Å². The first-order chi connectivity index (χ1) is 10.2. The molecule has 0 radical (unpaired) electrons. The van der Waals surface area contributed by atoms with E-state index in [9.17, 15) is 9.00 Å². The van der Waals surface area contributed by atoms with Crippen LogP contribution in [0.4, 0.5) is 5.00 Å². The van der Waals surface area contributed by atoms with E-state index in [1.54, 1.807) is 11.3 Å². The van der Waals surface area contributed by atoms with Crippen LogP contribution in [0.1, 0.15) is 57.3 Å². The highest BCUT2D eigenvalue weighted by molar-refractivity contribution is 7.85. The van der Waals surface area contributed by atoms with Gasteiger partial charge in [-0.1, -0.05) is 13.3 Å². The number of carbonyl (C=O) groups is 1. The summed E-state index contributed by atoms with van der Waals surface area (Å²) in [6, 6.07) is 0. The van der Waals surface area contributed by atoms with Gasteiger partial charge in [-0.15, -0.1) is 11.3 Å². The number of hydrogen-bond acceptors (Lipinski definition) is 3. The molecule has 1 saturated carbocycles. The number of thiophene rings is 1. The fourth-order valence-electron chi connectivity index (χ4n) is 2.80. The van der Waals surface area contributed by atoms with E-state index in [0.29, 0.717) is 5.75 Å². The second-order valence-electron chi connectivity index (χ2n) is 6.04. The molecule has 3 rings (SSSR count). The summed E-state index contributed by atoms with van der Waals surface area (Å²) in [4.78, 5) is 14.4. The van der Waals surface area contributed by atoms with Gasteiger partial charge in [-0.3, -0.25) is 9.00 Å². The van der Waals surface area contributed by atoms with E-state index < -0.39 is 10.8 Å². The maximum atomic E-state index is 12.7. The van der Waals surface area contributed by atoms with Crippen LogP contribution in [0.5, 0.6) is 0 Å². The van der Waals surface area contributed by atoms with Gasteiger partial charge in [0.1, 0.15) is 5.00 Å². The Morgan fingerprint density at radius 3 is 2.86 bits per heavy atom. The van der Waals surface area contributed by atoms with Crippen LogP contribution in [0.3, 0.4) is 0 Å². The van der Waals surface area contributed by atoms with Crippen LogP contribution in [0.25, 0.3) is 0 Å². The molecule has 0 aromatic carbocycles. The van der Waals surface area contributed by atoms with Gasteiger partial charge in [0.25, 0.3) is 0 Å². The largest absolute Gasteiger partial charge is 0.316 e. The molecule has 5 heteroatoms. The minimum absolute atomic E-state index is 0. The Balaban J connectivity index is 0.00000176. The summed E-state index contributed by atoms with van der Waals surface area (Å²) in [6.45, 7) is 2.12. The average Bonchev–Trinajstić information content (AvgIpc) is 3.26. The highest BCUT2D eigenvalue weighted by atomic mass is 32.2. The van der Waals surface area contributed by atoms with Crippen molar-refractivity contribution in [2.75, 3.05) is 11.1 Å². The number of carbonyl (C=O) groups excluding carboxylic acids is 1. The molecular weight excluding hydrogens is 302 g/mol. The molecule has 1 fully saturated rings. The van der Waals surface area contributed by atoms with Crippen LogP contribution in [0.15, 0.2) is 4.90 Å². The Hall–Kier alpha value is -0.680. The molecule has 21 heavy (non-hydrogen) atoms. The Kier molecular flexibility index (Phi) is 4.79. The van der Waals surface area contributed by atoms with Crippen molar-refractivity contribution >= 4 is 33.0 Å². The summed E-state index contributed by atoms with van der Waals surface area (Å²) in [5.41, 5.74) is 1.28. The van der Waals surface area contributed by atoms with E-state index in [4.69, 9.17) is 0 Å². The van der Waals surface area contributed by atoms with Crippen molar-refractivity contribution in [3.63, 3.8) is 0 Å². The predicted octanol–water partition coefficient (Wildman–Crippen LogP) is 4.13. The molecule has 1 heterocycles. The van der Waals surface area contributed by atoms with Crippen LogP contribution in [0.2, 0.25) is 0 Å². The second-order valence-corrected chi connectivity index (χ2v) is 8.65. The van der Waals surface area contributed by atoms with E-state index in [0.717, 1.165) is 48.4 Å². The highest BCUT2D eigenvalue weighted by Crippen LogP contribution is 2.41. The molecule has 0 bridgehead atoms. The van der Waals surface area contributed by atoms with Crippen LogP contribution >= 0.6 is 11.3 Å². The fraction of sp³-hybridized carbons (Fsp3) is 0.688. The Morgan fingerprint density at radius 2 is 2.14 bits per heavy atom. The highest BCUT2D eigenvalue weighted by Gasteiger charge is 2.32. The third-order valence-electron chi connectivity index (χ3n) is 4.22. The van der Waals surface area contributed by atoms with Crippen molar-refractivity contribution in [2.45, 2.75) is 63.2 Å². The van der Waals surface area contributed by atoms with E-state index >= 15 is 0 Å². The zero-order valence-corrected chi connectivity index (χ0v) is 14.2. The Morgan fingerprint density at radius 1 is 1.38 bits per heavy atom. The van der Waals surface area contributed by atoms with E-state index in [1.807, 2.05) is 0 Å². The van der Waals surface area contributed by atoms with Gasteiger partial charge in [-0.05, 0) is 50.5 Å². The second kappa shape index (κ2) is 6.61. The van der Waals surface area contributed by atoms with Gasteiger partial charge in [0, 0.05) is 18.0 Å². The van der Waals surface area contributed by atoms with Gasteiger partial charge in [0.15, 0.2) is 0 Å². The summed E-state index contributed by atoms with van der Waals surface area (Å²) in [6.07, 6.45) is 8.54. The molecule has 0 spiro atoms. The average molecular weight is 328 g/mol. The summed E-state index contributed by atoms with van der Waals surface area (Å²) in [5.74, 6) is 1.04. The zero-order chi connectivity index (χ0) is 14.8. The van der Waals surface area contributed by atoms with Crippen molar-refractivity contribution in [3.05, 3.63) is 10.4 Å². The third kappa shape index (κ3) is 3.39. The lowest BCUT2D eigenvalue weighted by molar-refractivity contribution is -0.117. The van der Waals surface area contributed by atoms with Gasteiger partial charge < -0.3 is 5.32 Å². The number of nitrogens with one attached hydrogen (secondary N) is 1. The standard InChI is InChI=1S/C16H23NO2S2.H2/c1-2-3-10-21(19)14-12-6-4-5-7-13(12)20-16(14)17-15(18)11-8-9-11;/h11H,2-10H2,1H3,(H,17,18);1H. The van der Waals surface area contributed by atoms with Gasteiger partial charge in [0.2, 0.25) is 5.91 Å². The predicted molar refractivity (Wildman–Crippen MR) is 90.6 cm³/mol. The lowest BCUT2D eigenvalue weighted by atomic mass is 9.99. The van der Waals surface area contributed by atoms with E-state index in [2.05, 4.69) is 12.2 Å². The Labute approximate surface area is 134 Å². The molecule has 1 unspecified atom stereocenters. The molecule has 1 N–H and O–H groups in total. The van der Waals surface area contributed by atoms with Crippen molar-refractivity contribution in [1.82, 2.24) is 0 Å². The van der Waals surface area contributed by atoms with Crippen molar-refractivity contribution in [2.24, 2.45) is 5.92 Å². The molecule has 0 aliphatic heterocycles. The monoisotopic (exact) mass is 327 g/mol. The number of anilines is 1. The van der Waals surface area contributed by atoms with Gasteiger partial charge in [-0.2, -0.15) is 0 Å². The number of aryl methyl sites for hydroxylation is 1. The normalized spacial score (nSPS) is 19.1. The first kappa shape index (κ1) is 15.2. The first-order valence-electron chi connectivity index (χ1n) is 8.04. The summed E-state index contributed by atoms with van der Waals surface area (Å²) in [7, 11) is -0.967. The van der Waals surface area contributed by atoms with Gasteiger partial charge in [-0.25, -0.2) is 0 Å². The summed E-state index contributed by atoms with van der Waals surface area (Å²) >= 11 is 1.67. The van der Waals surface area contributed by atoms with Gasteiger partial charge in [0.05, 0.1) is 15.7 Å². The van der Waals surface area contributed by atoms with E-state index in [1.165, 1.54) is 23.3 Å². The molecule has 118 valence electrons. The molecular formula is C16H25NO2S2. The first-order valence-corrected chi connectivity index (χ1v) is 10.2. The molecule has 1 amide bonds. The van der Waals surface area contributed by atoms with Crippen LogP contribution < -0.4 is 5.32 Å². The van der Waals surface area contributed by atoms with Gasteiger partial charge >= 0.3 is 0 Å². The van der Waals surface area contributed by atoms with E-state index in [-0.39, 0.29) is 13.3 Å². The van der Waals surface area contributed by atoms with Crippen LogP contribution in [-0.4, -0.2) is 15.9 Å². The van der Waals surface area contributed by atoms with Crippen molar-refractivity contribution < 1.29 is 10.4 Å². The van der Waals surface area contributed by atoms with Crippen molar-refractivity contribution in [1.29, 1.82) is 0 Å². The maximum Gasteiger partial charge on any atom is 0.228 e.